The van der Waals surface area contributed by atoms with Gasteiger partial charge in [0, 0.05) is 31.6 Å². The molecule has 0 spiro atoms. The van der Waals surface area contributed by atoms with Crippen LogP contribution in [-0.2, 0) is 37.0 Å². The molecule has 4 aromatic rings. The van der Waals surface area contributed by atoms with Gasteiger partial charge in [-0.05, 0) is 55.2 Å². The number of aromatic nitrogens is 1. The molecule has 3 aromatic carbocycles. The van der Waals surface area contributed by atoms with Crippen molar-refractivity contribution in [2.75, 3.05) is 31.6 Å². The maximum Gasteiger partial charge on any atom is 0.407 e. The predicted octanol–water partition coefficient (Wildman–Crippen LogP) is 5.48. The van der Waals surface area contributed by atoms with Crippen LogP contribution in [0, 0.1) is 0 Å². The maximum absolute atomic E-state index is 13.9. The van der Waals surface area contributed by atoms with E-state index in [2.05, 4.69) is 32.3 Å². The summed E-state index contributed by atoms with van der Waals surface area (Å²) in [7, 11) is 0. The Hall–Kier alpha value is -6.42. The van der Waals surface area contributed by atoms with Crippen LogP contribution in [0.4, 0.5) is 9.93 Å². The van der Waals surface area contributed by atoms with Gasteiger partial charge >= 0.3 is 18.0 Å². The molecule has 1 aromatic heterocycles. The normalized spacial score (nSPS) is 13.4. The van der Waals surface area contributed by atoms with Crippen molar-refractivity contribution >= 4 is 46.2 Å². The lowest BCUT2D eigenvalue weighted by atomic mass is 10.0. The van der Waals surface area contributed by atoms with Crippen LogP contribution in [-0.4, -0.2) is 82.6 Å². The number of ether oxygens (including phenoxy) is 3. The third-order valence-electron chi connectivity index (χ3n) is 8.00. The Bertz CT molecular complexity index is 1990. The minimum absolute atomic E-state index is 0.0406. The summed E-state index contributed by atoms with van der Waals surface area (Å²) in [6.45, 7) is 10.6. The van der Waals surface area contributed by atoms with Crippen LogP contribution in [0.5, 0.6) is 5.75 Å². The van der Waals surface area contributed by atoms with Crippen molar-refractivity contribution in [2.45, 2.75) is 51.7 Å². The average Bonchev–Trinajstić information content (AvgIpc) is 3.83. The van der Waals surface area contributed by atoms with Crippen molar-refractivity contribution in [2.24, 2.45) is 15.9 Å². The summed E-state index contributed by atoms with van der Waals surface area (Å²) >= 11 is 1.18. The molecular weight excluding hydrogens is 739 g/mol. The molecule has 56 heavy (non-hydrogen) atoms. The average molecular weight is 784 g/mol. The number of guanidine groups is 1. The molecule has 2 heterocycles. The number of aliphatic carboxylic acids is 1. The molecule has 1 aliphatic rings. The topological polar surface area (TPSA) is 199 Å². The van der Waals surface area contributed by atoms with Crippen LogP contribution < -0.4 is 21.1 Å². The van der Waals surface area contributed by atoms with E-state index in [1.54, 1.807) is 32.9 Å². The number of hydrogen-bond donors (Lipinski definition) is 4. The number of carboxylic acids is 1. The number of carbonyl (C=O) groups is 3. The highest BCUT2D eigenvalue weighted by atomic mass is 32.1. The van der Waals surface area contributed by atoms with E-state index in [1.165, 1.54) is 16.7 Å². The number of carboxylic acid groups (broad SMARTS) is 1. The molecule has 0 saturated heterocycles. The summed E-state index contributed by atoms with van der Waals surface area (Å²) in [5.74, 6) is -1.50. The number of rotatable bonds is 17. The van der Waals surface area contributed by atoms with E-state index in [0.717, 1.165) is 11.1 Å². The molecule has 1 atom stereocenters. The van der Waals surface area contributed by atoms with Crippen molar-refractivity contribution in [3.05, 3.63) is 125 Å². The first kappa shape index (κ1) is 40.8. The van der Waals surface area contributed by atoms with Crippen LogP contribution in [0.25, 0.3) is 0 Å². The number of amides is 1. The number of esters is 1. The number of fused-ring (bicyclic) bond motifs is 1. The van der Waals surface area contributed by atoms with Gasteiger partial charge in [0.1, 0.15) is 23.7 Å². The molecule has 0 saturated carbocycles. The summed E-state index contributed by atoms with van der Waals surface area (Å²) in [4.78, 5) is 54.4. The molecule has 0 bridgehead atoms. The maximum atomic E-state index is 13.9. The second-order valence-corrected chi connectivity index (χ2v) is 14.3. The number of aliphatic imine (C=N–C) groups is 1. The van der Waals surface area contributed by atoms with Crippen molar-refractivity contribution in [3.63, 3.8) is 0 Å². The number of thiazole rings is 1. The molecule has 16 heteroatoms. The number of carbonyl (C=O) groups excluding carboxylic acids is 2. The third-order valence-corrected chi connectivity index (χ3v) is 8.80. The molecule has 1 aliphatic heterocycles. The molecule has 0 radical (unpaired) electrons. The second kappa shape index (κ2) is 19.3. The molecule has 0 unspecified atom stereocenters. The third kappa shape index (κ3) is 11.8. The largest absolute Gasteiger partial charge is 0.489 e. The minimum atomic E-state index is -1.49. The van der Waals surface area contributed by atoms with Gasteiger partial charge in [0.05, 0.1) is 6.54 Å². The van der Waals surface area contributed by atoms with Gasteiger partial charge in [-0.2, -0.15) is 0 Å². The van der Waals surface area contributed by atoms with E-state index in [0.29, 0.717) is 47.6 Å². The Morgan fingerprint density at radius 2 is 1.71 bits per heavy atom. The molecule has 5 rings (SSSR count). The number of hydrogen-bond acceptors (Lipinski definition) is 12. The number of oxime groups is 1. The van der Waals surface area contributed by atoms with Gasteiger partial charge in [0.2, 0.25) is 5.71 Å². The fraction of sp³-hybridized carbons (Fsp3) is 0.300. The Balaban J connectivity index is 1.31. The molecular formula is C40H45N7O8S. The highest BCUT2D eigenvalue weighted by Gasteiger charge is 2.30. The van der Waals surface area contributed by atoms with E-state index in [1.807, 2.05) is 77.7 Å². The van der Waals surface area contributed by atoms with Crippen LogP contribution in [0.1, 0.15) is 54.8 Å². The smallest absolute Gasteiger partial charge is 0.407 e. The molecule has 0 fully saturated rings. The molecule has 1 amide bonds. The predicted molar refractivity (Wildman–Crippen MR) is 213 cm³/mol. The zero-order valence-corrected chi connectivity index (χ0v) is 32.2. The van der Waals surface area contributed by atoms with E-state index in [4.69, 9.17) is 24.8 Å². The van der Waals surface area contributed by atoms with Gasteiger partial charge in [-0.15, -0.1) is 17.9 Å². The van der Waals surface area contributed by atoms with E-state index < -0.39 is 41.6 Å². The van der Waals surface area contributed by atoms with Crippen LogP contribution >= 0.6 is 11.3 Å². The second-order valence-electron chi connectivity index (χ2n) is 13.5. The lowest BCUT2D eigenvalue weighted by Gasteiger charge is -2.22. The van der Waals surface area contributed by atoms with Crippen LogP contribution in [0.15, 0.2) is 107 Å². The SMILES string of the molecule is C=CCNc1nc(/C(=N/O[C@@H](COc2ccc3c(c2)CN(C(N)=NCCNC(=O)OC(C)(C)C)C3)C(=O)OC(c2ccccc2)c2ccccc2)C(=O)O)cs1. The Labute approximate surface area is 328 Å². The van der Waals surface area contributed by atoms with E-state index >= 15 is 0 Å². The van der Waals surface area contributed by atoms with Gasteiger partial charge in [0.25, 0.3) is 6.10 Å². The number of nitrogens with two attached hydrogens (primary N) is 1. The van der Waals surface area contributed by atoms with Crippen molar-refractivity contribution in [3.8, 4) is 5.75 Å². The fourth-order valence-electron chi connectivity index (χ4n) is 5.39. The van der Waals surface area contributed by atoms with Gasteiger partial charge in [-0.1, -0.05) is 78.0 Å². The van der Waals surface area contributed by atoms with Gasteiger partial charge in [-0.25, -0.2) is 19.4 Å². The summed E-state index contributed by atoms with van der Waals surface area (Å²) in [5.41, 5.74) is 8.58. The Morgan fingerprint density at radius 1 is 1.04 bits per heavy atom. The summed E-state index contributed by atoms with van der Waals surface area (Å²) in [6, 6.07) is 23.9. The van der Waals surface area contributed by atoms with Crippen molar-refractivity contribution in [1.82, 2.24) is 15.2 Å². The minimum Gasteiger partial charge on any atom is -0.489 e. The van der Waals surface area contributed by atoms with Crippen molar-refractivity contribution in [1.29, 1.82) is 0 Å². The first-order valence-electron chi connectivity index (χ1n) is 17.7. The summed E-state index contributed by atoms with van der Waals surface area (Å²) < 4.78 is 17.4. The first-order chi connectivity index (χ1) is 26.9. The molecule has 15 nitrogen and oxygen atoms in total. The lowest BCUT2D eigenvalue weighted by Crippen LogP contribution is -2.36. The lowest BCUT2D eigenvalue weighted by molar-refractivity contribution is -0.163. The van der Waals surface area contributed by atoms with Crippen LogP contribution in [0.3, 0.4) is 0 Å². The zero-order chi connectivity index (χ0) is 40.1. The Kier molecular flexibility index (Phi) is 14.0. The number of nitrogens with zero attached hydrogens (tertiary/aromatic N) is 4. The highest BCUT2D eigenvalue weighted by Crippen LogP contribution is 2.29. The molecule has 0 aliphatic carbocycles. The van der Waals surface area contributed by atoms with Crippen molar-refractivity contribution < 1.29 is 38.5 Å². The number of nitrogens with one attached hydrogen (secondary N) is 2. The van der Waals surface area contributed by atoms with Crippen LogP contribution in [0.2, 0.25) is 0 Å². The molecule has 5 N–H and O–H groups in total. The monoisotopic (exact) mass is 783 g/mol. The van der Waals surface area contributed by atoms with E-state index in [-0.39, 0.29) is 25.4 Å². The number of anilines is 1. The number of alkyl carbamates (subject to hydrolysis) is 1. The fourth-order valence-corrected chi connectivity index (χ4v) is 6.10. The Morgan fingerprint density at radius 3 is 2.36 bits per heavy atom. The zero-order valence-electron chi connectivity index (χ0n) is 31.3. The van der Waals surface area contributed by atoms with Gasteiger partial charge < -0.3 is 45.4 Å². The molecule has 294 valence electrons. The quantitative estimate of drug-likeness (QED) is 0.0263. The van der Waals surface area contributed by atoms with Gasteiger partial charge in [0.15, 0.2) is 17.2 Å². The standard InChI is InChI=1S/C40H45N7O8S/c1-5-18-43-38-45-31(25-56-38)33(35(48)49)46-55-32(36(50)53-34(26-12-8-6-9-13-26)27-14-10-7-11-15-27)24-52-30-17-16-28-22-47(23-29(28)21-30)37(41)42-19-20-44-39(51)54-40(2,3)4/h5-17,21,25,32,34H,1,18-20,22-24H2,2-4H3,(H2,41,42)(H,43,45)(H,44,51)(H,48,49)/b46-33-/t32-/m0/s1. The number of benzene rings is 3. The van der Waals surface area contributed by atoms with E-state index in [9.17, 15) is 19.5 Å². The summed E-state index contributed by atoms with van der Waals surface area (Å²) in [5, 5.41) is 21.5. The van der Waals surface area contributed by atoms with Gasteiger partial charge in [-0.3, -0.25) is 4.99 Å². The first-order valence-corrected chi connectivity index (χ1v) is 18.6. The summed E-state index contributed by atoms with van der Waals surface area (Å²) in [6.07, 6.45) is -1.18. The highest BCUT2D eigenvalue weighted by molar-refractivity contribution is 7.14.